The van der Waals surface area contributed by atoms with E-state index >= 15 is 0 Å². The largest absolute Gasteiger partial charge is 0.381 e. The molecule has 0 aromatic heterocycles. The van der Waals surface area contributed by atoms with E-state index in [4.69, 9.17) is 4.74 Å². The van der Waals surface area contributed by atoms with Crippen molar-refractivity contribution in [2.75, 3.05) is 26.0 Å². The average Bonchev–Trinajstić information content (AvgIpc) is 2.47. The molecule has 0 aromatic rings. The zero-order chi connectivity index (χ0) is 14.3. The number of nitrogens with one attached hydrogen (secondary N) is 1. The molecular weight excluding hydrogens is 278 g/mol. The van der Waals surface area contributed by atoms with E-state index in [9.17, 15) is 0 Å². The summed E-state index contributed by atoms with van der Waals surface area (Å²) < 4.78 is 5.50. The van der Waals surface area contributed by atoms with E-state index in [0.29, 0.717) is 5.41 Å². The molecule has 1 saturated heterocycles. The first kappa shape index (κ1) is 14.8. The molecule has 1 heterocycles. The maximum Gasteiger partial charge on any atom is 0.0476 e. The molecule has 1 unspecified atom stereocenters. The number of hydrogen-bond donors (Lipinski definition) is 1. The van der Waals surface area contributed by atoms with Crippen molar-refractivity contribution in [1.29, 1.82) is 0 Å². The summed E-state index contributed by atoms with van der Waals surface area (Å²) in [5.41, 5.74) is 0.654. The summed E-state index contributed by atoms with van der Waals surface area (Å²) >= 11 is 2.24. The maximum atomic E-state index is 5.50. The minimum atomic E-state index is 0.654. The summed E-state index contributed by atoms with van der Waals surface area (Å²) in [7, 11) is 2.22. The zero-order valence-electron chi connectivity index (χ0n) is 13.5. The lowest BCUT2D eigenvalue weighted by Crippen LogP contribution is -2.56. The molecule has 3 heteroatoms. The first-order valence-electron chi connectivity index (χ1n) is 9.14. The number of hydrogen-bond acceptors (Lipinski definition) is 3. The van der Waals surface area contributed by atoms with Gasteiger partial charge in [-0.25, -0.2) is 0 Å². The Kier molecular flexibility index (Phi) is 4.27. The molecule has 4 aliphatic carbocycles. The van der Waals surface area contributed by atoms with E-state index < -0.39 is 0 Å². The van der Waals surface area contributed by atoms with Crippen molar-refractivity contribution in [3.63, 3.8) is 0 Å². The van der Waals surface area contributed by atoms with Crippen molar-refractivity contribution in [1.82, 2.24) is 5.32 Å². The third-order valence-electron chi connectivity index (χ3n) is 6.84. The lowest BCUT2D eigenvalue weighted by Gasteiger charge is -2.59. The molecule has 21 heavy (non-hydrogen) atoms. The molecule has 0 radical (unpaired) electrons. The van der Waals surface area contributed by atoms with Gasteiger partial charge in [0.15, 0.2) is 0 Å². The van der Waals surface area contributed by atoms with Gasteiger partial charge in [-0.15, -0.1) is 0 Å². The van der Waals surface area contributed by atoms with E-state index in [0.717, 1.165) is 42.3 Å². The van der Waals surface area contributed by atoms with E-state index in [1.54, 1.807) is 19.3 Å². The van der Waals surface area contributed by atoms with Gasteiger partial charge < -0.3 is 10.1 Å². The Balaban J connectivity index is 1.40. The van der Waals surface area contributed by atoms with Crippen molar-refractivity contribution in [2.45, 2.75) is 62.7 Å². The van der Waals surface area contributed by atoms with Gasteiger partial charge in [-0.3, -0.25) is 0 Å². The van der Waals surface area contributed by atoms with Crippen LogP contribution < -0.4 is 5.32 Å². The summed E-state index contributed by atoms with van der Waals surface area (Å²) in [6.45, 7) is 1.97. The van der Waals surface area contributed by atoms with Gasteiger partial charge in [0.25, 0.3) is 0 Å². The van der Waals surface area contributed by atoms with E-state index in [-0.39, 0.29) is 0 Å². The first-order chi connectivity index (χ1) is 10.3. The van der Waals surface area contributed by atoms with Gasteiger partial charge in [-0.05, 0) is 81.6 Å². The normalized spacial score (nSPS) is 44.1. The molecule has 4 saturated carbocycles. The Morgan fingerprint density at radius 3 is 2.14 bits per heavy atom. The molecule has 2 nitrogen and oxygen atoms in total. The SMILES string of the molecule is CNC(CSC1CCOCC1)C12CC3CC(CC(C3)C1)C2. The van der Waals surface area contributed by atoms with Crippen molar-refractivity contribution < 1.29 is 4.74 Å². The minimum Gasteiger partial charge on any atom is -0.381 e. The van der Waals surface area contributed by atoms with Crippen LogP contribution in [0.2, 0.25) is 0 Å². The molecule has 0 spiro atoms. The van der Waals surface area contributed by atoms with Crippen LogP contribution in [0.1, 0.15) is 51.4 Å². The Morgan fingerprint density at radius 2 is 1.62 bits per heavy atom. The van der Waals surface area contributed by atoms with Crippen molar-refractivity contribution in [2.24, 2.45) is 23.2 Å². The highest BCUT2D eigenvalue weighted by atomic mass is 32.2. The Bertz CT molecular complexity index is 331. The van der Waals surface area contributed by atoms with Gasteiger partial charge in [0.2, 0.25) is 0 Å². The fourth-order valence-corrected chi connectivity index (χ4v) is 7.76. The highest BCUT2D eigenvalue weighted by Gasteiger charge is 2.53. The van der Waals surface area contributed by atoms with Crippen LogP contribution in [0.3, 0.4) is 0 Å². The van der Waals surface area contributed by atoms with Crippen LogP contribution in [0.4, 0.5) is 0 Å². The van der Waals surface area contributed by atoms with Gasteiger partial charge in [-0.2, -0.15) is 11.8 Å². The highest BCUT2D eigenvalue weighted by Crippen LogP contribution is 2.61. The quantitative estimate of drug-likeness (QED) is 0.836. The fourth-order valence-electron chi connectivity index (χ4n) is 6.25. The van der Waals surface area contributed by atoms with Crippen LogP contribution >= 0.6 is 11.8 Å². The Labute approximate surface area is 134 Å². The van der Waals surface area contributed by atoms with Crippen LogP contribution in [0.25, 0.3) is 0 Å². The predicted molar refractivity (Wildman–Crippen MR) is 89.8 cm³/mol. The second kappa shape index (κ2) is 6.05. The van der Waals surface area contributed by atoms with Crippen LogP contribution in [0, 0.1) is 23.2 Å². The molecule has 5 rings (SSSR count). The molecule has 4 bridgehead atoms. The third kappa shape index (κ3) is 2.90. The highest BCUT2D eigenvalue weighted by molar-refractivity contribution is 7.99. The molecule has 5 aliphatic rings. The summed E-state index contributed by atoms with van der Waals surface area (Å²) in [4.78, 5) is 0. The standard InChI is InChI=1S/C18H31NOS/c1-19-17(12-21-16-2-4-20-5-3-16)18-9-13-6-14(10-18)8-15(7-13)11-18/h13-17,19H,2-12H2,1H3. The van der Waals surface area contributed by atoms with Gasteiger partial charge in [-0.1, -0.05) is 0 Å². The van der Waals surface area contributed by atoms with Crippen LogP contribution in [0.15, 0.2) is 0 Å². The lowest BCUT2D eigenvalue weighted by molar-refractivity contribution is -0.0682. The summed E-state index contributed by atoms with van der Waals surface area (Å²) in [5, 5.41) is 4.60. The van der Waals surface area contributed by atoms with E-state index in [2.05, 4.69) is 24.1 Å². The molecule has 0 aromatic carbocycles. The minimum absolute atomic E-state index is 0.654. The van der Waals surface area contributed by atoms with Crippen LogP contribution in [0.5, 0.6) is 0 Å². The molecule has 1 atom stereocenters. The van der Waals surface area contributed by atoms with E-state index in [1.165, 1.54) is 37.9 Å². The van der Waals surface area contributed by atoms with Crippen molar-refractivity contribution >= 4 is 11.8 Å². The van der Waals surface area contributed by atoms with Crippen LogP contribution in [-0.4, -0.2) is 37.3 Å². The maximum absolute atomic E-state index is 5.50. The molecule has 1 N–H and O–H groups in total. The lowest BCUT2D eigenvalue weighted by atomic mass is 9.48. The monoisotopic (exact) mass is 309 g/mol. The van der Waals surface area contributed by atoms with Crippen molar-refractivity contribution in [3.05, 3.63) is 0 Å². The molecule has 5 fully saturated rings. The van der Waals surface area contributed by atoms with Crippen LogP contribution in [-0.2, 0) is 4.74 Å². The summed E-state index contributed by atoms with van der Waals surface area (Å²) in [6.07, 6.45) is 11.8. The Hall–Kier alpha value is 0.270. The fraction of sp³-hybridized carbons (Fsp3) is 1.00. The topological polar surface area (TPSA) is 21.3 Å². The second-order valence-electron chi connectivity index (χ2n) is 8.27. The van der Waals surface area contributed by atoms with Gasteiger partial charge in [0.1, 0.15) is 0 Å². The van der Waals surface area contributed by atoms with E-state index in [1.807, 2.05) is 0 Å². The van der Waals surface area contributed by atoms with Gasteiger partial charge in [0, 0.05) is 30.3 Å². The predicted octanol–water partition coefficient (Wildman–Crippen LogP) is 3.70. The van der Waals surface area contributed by atoms with Gasteiger partial charge >= 0.3 is 0 Å². The number of thioether (sulfide) groups is 1. The Morgan fingerprint density at radius 1 is 1.05 bits per heavy atom. The average molecular weight is 310 g/mol. The van der Waals surface area contributed by atoms with Gasteiger partial charge in [0.05, 0.1) is 0 Å². The zero-order valence-corrected chi connectivity index (χ0v) is 14.3. The summed E-state index contributed by atoms with van der Waals surface area (Å²) in [6, 6.07) is 0.749. The first-order valence-corrected chi connectivity index (χ1v) is 10.2. The summed E-state index contributed by atoms with van der Waals surface area (Å²) in [5.74, 6) is 4.54. The molecule has 0 amide bonds. The molecular formula is C18H31NOS. The van der Waals surface area contributed by atoms with Crippen molar-refractivity contribution in [3.8, 4) is 0 Å². The smallest absolute Gasteiger partial charge is 0.0476 e. The third-order valence-corrected chi connectivity index (χ3v) is 8.31. The second-order valence-corrected chi connectivity index (χ2v) is 9.60. The number of rotatable bonds is 5. The molecule has 120 valence electrons. The molecule has 1 aliphatic heterocycles. The number of ether oxygens (including phenoxy) is 1.